The molecule has 0 bridgehead atoms. The summed E-state index contributed by atoms with van der Waals surface area (Å²) in [5, 5.41) is 5.73. The quantitative estimate of drug-likeness (QED) is 0.857. The van der Waals surface area contributed by atoms with E-state index in [2.05, 4.69) is 31.1 Å². The molecule has 3 heteroatoms. The lowest BCUT2D eigenvalue weighted by Crippen LogP contribution is -2.32. The molecule has 86 valence electrons. The predicted molar refractivity (Wildman–Crippen MR) is 67.3 cm³/mol. The molecule has 2 aromatic rings. The highest BCUT2D eigenvalue weighted by atomic mass is 15.3. The molecule has 1 aromatic carbocycles. The van der Waals surface area contributed by atoms with Crippen LogP contribution in [0.4, 0.5) is 0 Å². The number of nitrogens with two attached hydrogens (primary N) is 1. The van der Waals surface area contributed by atoms with E-state index in [-0.39, 0.29) is 5.54 Å². The van der Waals surface area contributed by atoms with E-state index in [4.69, 9.17) is 5.73 Å². The maximum Gasteiger partial charge on any atom is 0.0926 e. The average Bonchev–Trinajstić information content (AvgIpc) is 2.49. The Kier molecular flexibility index (Phi) is 2.72. The van der Waals surface area contributed by atoms with Crippen LogP contribution in [0.2, 0.25) is 0 Å². The van der Waals surface area contributed by atoms with Gasteiger partial charge in [-0.1, -0.05) is 18.2 Å². The van der Waals surface area contributed by atoms with Gasteiger partial charge >= 0.3 is 0 Å². The van der Waals surface area contributed by atoms with Crippen LogP contribution in [0.3, 0.4) is 0 Å². The summed E-state index contributed by atoms with van der Waals surface area (Å²) in [6.45, 7) is 4.12. The molecule has 2 N–H and O–H groups in total. The number of rotatable bonds is 3. The minimum Gasteiger partial charge on any atom is -0.326 e. The molecule has 1 heterocycles. The molecule has 0 aliphatic carbocycles. The van der Waals surface area contributed by atoms with Crippen LogP contribution in [0.15, 0.2) is 24.3 Å². The summed E-state index contributed by atoms with van der Waals surface area (Å²) in [6, 6.07) is 8.25. The van der Waals surface area contributed by atoms with Gasteiger partial charge in [0, 0.05) is 23.7 Å². The molecule has 0 spiro atoms. The molecule has 0 unspecified atom stereocenters. The van der Waals surface area contributed by atoms with Crippen molar-refractivity contribution in [3.63, 3.8) is 0 Å². The Morgan fingerprint density at radius 3 is 2.69 bits per heavy atom. The van der Waals surface area contributed by atoms with E-state index in [1.165, 1.54) is 11.1 Å². The molecular formula is C13H19N3. The van der Waals surface area contributed by atoms with E-state index in [1.54, 1.807) is 0 Å². The molecule has 0 radical (unpaired) electrons. The molecule has 0 saturated carbocycles. The molecule has 0 amide bonds. The van der Waals surface area contributed by atoms with Crippen molar-refractivity contribution in [2.45, 2.75) is 32.2 Å². The summed E-state index contributed by atoms with van der Waals surface area (Å²) < 4.78 is 1.97. The van der Waals surface area contributed by atoms with Crippen molar-refractivity contribution in [2.24, 2.45) is 12.8 Å². The average molecular weight is 217 g/mol. The van der Waals surface area contributed by atoms with Gasteiger partial charge < -0.3 is 5.73 Å². The lowest BCUT2D eigenvalue weighted by molar-refractivity contribution is 0.469. The summed E-state index contributed by atoms with van der Waals surface area (Å²) >= 11 is 0. The fourth-order valence-corrected chi connectivity index (χ4v) is 1.94. The van der Waals surface area contributed by atoms with Gasteiger partial charge in [-0.15, -0.1) is 0 Å². The predicted octanol–water partition coefficient (Wildman–Crippen LogP) is 2.24. The van der Waals surface area contributed by atoms with Crippen LogP contribution >= 0.6 is 0 Å². The van der Waals surface area contributed by atoms with Gasteiger partial charge in [0.15, 0.2) is 0 Å². The summed E-state index contributed by atoms with van der Waals surface area (Å²) in [4.78, 5) is 0. The van der Waals surface area contributed by atoms with Crippen molar-refractivity contribution in [1.82, 2.24) is 9.78 Å². The Bertz CT molecular complexity index is 491. The van der Waals surface area contributed by atoms with Gasteiger partial charge in [-0.05, 0) is 32.8 Å². The smallest absolute Gasteiger partial charge is 0.0926 e. The largest absolute Gasteiger partial charge is 0.326 e. The third kappa shape index (κ3) is 2.25. The molecular weight excluding hydrogens is 198 g/mol. The second kappa shape index (κ2) is 3.91. The molecule has 0 aliphatic rings. The van der Waals surface area contributed by atoms with Crippen molar-refractivity contribution < 1.29 is 0 Å². The van der Waals surface area contributed by atoms with Gasteiger partial charge in [0.05, 0.1) is 5.52 Å². The standard InChI is InChI=1S/C13H19N3/c1-13(2,14)9-8-12-10-6-4-5-7-11(10)15-16(12)3/h4-7H,8-9,14H2,1-3H3. The Labute approximate surface area is 96.2 Å². The summed E-state index contributed by atoms with van der Waals surface area (Å²) in [5.74, 6) is 0. The monoisotopic (exact) mass is 217 g/mol. The zero-order chi connectivity index (χ0) is 11.8. The molecule has 1 aromatic heterocycles. The zero-order valence-electron chi connectivity index (χ0n) is 10.2. The molecule has 16 heavy (non-hydrogen) atoms. The van der Waals surface area contributed by atoms with Crippen LogP contribution in [0.25, 0.3) is 10.9 Å². The van der Waals surface area contributed by atoms with Gasteiger partial charge in [-0.25, -0.2) is 0 Å². The Hall–Kier alpha value is -1.35. The number of aryl methyl sites for hydroxylation is 2. The van der Waals surface area contributed by atoms with Gasteiger partial charge in [-0.3, -0.25) is 4.68 Å². The highest BCUT2D eigenvalue weighted by Gasteiger charge is 2.14. The maximum absolute atomic E-state index is 6.02. The summed E-state index contributed by atoms with van der Waals surface area (Å²) in [5.41, 5.74) is 8.23. The van der Waals surface area contributed by atoms with Crippen LogP contribution in [0.5, 0.6) is 0 Å². The molecule has 0 saturated heterocycles. The van der Waals surface area contributed by atoms with Crippen LogP contribution in [0, 0.1) is 0 Å². The SMILES string of the molecule is Cn1nc2ccccc2c1CCC(C)(C)N. The Morgan fingerprint density at radius 1 is 1.31 bits per heavy atom. The Balaban J connectivity index is 2.33. The van der Waals surface area contributed by atoms with Crippen molar-refractivity contribution in [3.8, 4) is 0 Å². The molecule has 0 atom stereocenters. The number of hydrogen-bond acceptors (Lipinski definition) is 2. The van der Waals surface area contributed by atoms with Crippen molar-refractivity contribution in [2.75, 3.05) is 0 Å². The van der Waals surface area contributed by atoms with E-state index < -0.39 is 0 Å². The first-order valence-electron chi connectivity index (χ1n) is 5.67. The number of hydrogen-bond donors (Lipinski definition) is 1. The number of nitrogens with zero attached hydrogens (tertiary/aromatic N) is 2. The molecule has 0 aliphatic heterocycles. The second-order valence-corrected chi connectivity index (χ2v) is 5.08. The molecule has 0 fully saturated rings. The van der Waals surface area contributed by atoms with Crippen molar-refractivity contribution in [3.05, 3.63) is 30.0 Å². The number of aromatic nitrogens is 2. The van der Waals surface area contributed by atoms with Crippen LogP contribution in [0.1, 0.15) is 26.0 Å². The number of fused-ring (bicyclic) bond motifs is 1. The van der Waals surface area contributed by atoms with Crippen LogP contribution in [-0.2, 0) is 13.5 Å². The van der Waals surface area contributed by atoms with Crippen molar-refractivity contribution >= 4 is 10.9 Å². The Morgan fingerprint density at radius 2 is 2.00 bits per heavy atom. The molecule has 2 rings (SSSR count). The van der Waals surface area contributed by atoms with Crippen LogP contribution in [-0.4, -0.2) is 15.3 Å². The fraction of sp³-hybridized carbons (Fsp3) is 0.462. The first-order valence-corrected chi connectivity index (χ1v) is 5.67. The van der Waals surface area contributed by atoms with E-state index in [0.717, 1.165) is 18.4 Å². The lowest BCUT2D eigenvalue weighted by atomic mass is 9.98. The minimum absolute atomic E-state index is 0.120. The fourth-order valence-electron chi connectivity index (χ4n) is 1.94. The normalized spacial score (nSPS) is 12.2. The van der Waals surface area contributed by atoms with E-state index in [1.807, 2.05) is 23.9 Å². The third-order valence-corrected chi connectivity index (χ3v) is 2.87. The first-order chi connectivity index (χ1) is 7.47. The molecule has 3 nitrogen and oxygen atoms in total. The summed E-state index contributed by atoms with van der Waals surface area (Å²) in [7, 11) is 2.00. The third-order valence-electron chi connectivity index (χ3n) is 2.87. The summed E-state index contributed by atoms with van der Waals surface area (Å²) in [6.07, 6.45) is 1.94. The highest BCUT2D eigenvalue weighted by Crippen LogP contribution is 2.20. The van der Waals surface area contributed by atoms with Crippen LogP contribution < -0.4 is 5.73 Å². The highest BCUT2D eigenvalue weighted by molar-refractivity contribution is 5.81. The van der Waals surface area contributed by atoms with Gasteiger partial charge in [0.25, 0.3) is 0 Å². The van der Waals surface area contributed by atoms with Gasteiger partial charge in [0.2, 0.25) is 0 Å². The minimum atomic E-state index is -0.120. The van der Waals surface area contributed by atoms with Gasteiger partial charge in [0.1, 0.15) is 0 Å². The maximum atomic E-state index is 6.02. The zero-order valence-corrected chi connectivity index (χ0v) is 10.2. The van der Waals surface area contributed by atoms with E-state index in [0.29, 0.717) is 0 Å². The lowest BCUT2D eigenvalue weighted by Gasteiger charge is -2.18. The van der Waals surface area contributed by atoms with E-state index >= 15 is 0 Å². The van der Waals surface area contributed by atoms with E-state index in [9.17, 15) is 0 Å². The van der Waals surface area contributed by atoms with Gasteiger partial charge in [-0.2, -0.15) is 5.10 Å². The first kappa shape index (κ1) is 11.1. The number of benzene rings is 1. The van der Waals surface area contributed by atoms with Crippen molar-refractivity contribution in [1.29, 1.82) is 0 Å². The second-order valence-electron chi connectivity index (χ2n) is 5.08. The topological polar surface area (TPSA) is 43.8 Å².